The van der Waals surface area contributed by atoms with Crippen molar-refractivity contribution in [3.05, 3.63) is 109 Å². The Kier molecular flexibility index (Phi) is 5.39. The van der Waals surface area contributed by atoms with Gasteiger partial charge in [-0.25, -0.2) is 0 Å². The molecular weight excluding hydrogens is 292 g/mol. The average molecular weight is 312 g/mol. The van der Waals surface area contributed by atoms with Crippen LogP contribution in [-0.4, -0.2) is 5.11 Å². The van der Waals surface area contributed by atoms with Gasteiger partial charge in [0.25, 0.3) is 0 Å². The predicted octanol–water partition coefficient (Wildman–Crippen LogP) is 5.69. The van der Waals surface area contributed by atoms with E-state index in [9.17, 15) is 0 Å². The fourth-order valence-corrected chi connectivity index (χ4v) is 2.69. The summed E-state index contributed by atoms with van der Waals surface area (Å²) in [4.78, 5) is 0. The Bertz CT molecular complexity index is 840. The maximum Gasteiger partial charge on any atom is 0.0687 e. The molecule has 4 aromatic carbocycles. The van der Waals surface area contributed by atoms with Crippen LogP contribution in [-0.2, 0) is 6.61 Å². The van der Waals surface area contributed by atoms with Crippen LogP contribution in [0.25, 0.3) is 21.9 Å². The first-order valence-corrected chi connectivity index (χ1v) is 8.06. The molecule has 1 N–H and O–H groups in total. The smallest absolute Gasteiger partial charge is 0.0687 e. The first kappa shape index (κ1) is 16.0. The third-order valence-corrected chi connectivity index (χ3v) is 3.93. The molecule has 0 unspecified atom stereocenters. The normalized spacial score (nSPS) is 10.0. The molecule has 0 spiro atoms. The van der Waals surface area contributed by atoms with Crippen LogP contribution < -0.4 is 0 Å². The van der Waals surface area contributed by atoms with E-state index in [-0.39, 0.29) is 6.61 Å². The highest BCUT2D eigenvalue weighted by molar-refractivity contribution is 5.85. The predicted molar refractivity (Wildman–Crippen MR) is 102 cm³/mol. The van der Waals surface area contributed by atoms with Gasteiger partial charge in [-0.1, -0.05) is 103 Å². The van der Waals surface area contributed by atoms with E-state index in [2.05, 4.69) is 60.7 Å². The van der Waals surface area contributed by atoms with E-state index in [0.29, 0.717) is 0 Å². The van der Waals surface area contributed by atoms with E-state index in [1.807, 2.05) is 42.5 Å². The number of hydrogen-bond acceptors (Lipinski definition) is 1. The van der Waals surface area contributed by atoms with Crippen molar-refractivity contribution in [1.29, 1.82) is 0 Å². The SMILES string of the molecule is OCc1cccc2ccccc12.c1ccc(-c2ccccc2)cc1. The molecule has 0 atom stereocenters. The highest BCUT2D eigenvalue weighted by Gasteiger charge is 1.96. The molecule has 4 rings (SSSR count). The van der Waals surface area contributed by atoms with E-state index in [1.165, 1.54) is 16.5 Å². The van der Waals surface area contributed by atoms with E-state index in [1.54, 1.807) is 0 Å². The van der Waals surface area contributed by atoms with Gasteiger partial charge in [0, 0.05) is 0 Å². The maximum absolute atomic E-state index is 9.04. The lowest BCUT2D eigenvalue weighted by Gasteiger charge is -2.01. The van der Waals surface area contributed by atoms with Crippen LogP contribution in [0.2, 0.25) is 0 Å². The Morgan fingerprint density at radius 2 is 1.00 bits per heavy atom. The second-order valence-corrected chi connectivity index (χ2v) is 5.53. The van der Waals surface area contributed by atoms with Gasteiger partial charge in [0.1, 0.15) is 0 Å². The first-order valence-electron chi connectivity index (χ1n) is 8.06. The highest BCUT2D eigenvalue weighted by atomic mass is 16.3. The molecule has 1 heteroatoms. The molecule has 118 valence electrons. The summed E-state index contributed by atoms with van der Waals surface area (Å²) in [6.07, 6.45) is 0. The molecule has 0 fully saturated rings. The number of hydrogen-bond donors (Lipinski definition) is 1. The fourth-order valence-electron chi connectivity index (χ4n) is 2.69. The minimum absolute atomic E-state index is 0.112. The van der Waals surface area contributed by atoms with Gasteiger partial charge in [-0.05, 0) is 27.5 Å². The monoisotopic (exact) mass is 312 g/mol. The van der Waals surface area contributed by atoms with Crippen molar-refractivity contribution < 1.29 is 5.11 Å². The van der Waals surface area contributed by atoms with Crippen molar-refractivity contribution in [2.75, 3.05) is 0 Å². The summed E-state index contributed by atoms with van der Waals surface area (Å²) in [7, 11) is 0. The third kappa shape index (κ3) is 3.89. The van der Waals surface area contributed by atoms with Crippen molar-refractivity contribution in [3.8, 4) is 11.1 Å². The second-order valence-electron chi connectivity index (χ2n) is 5.53. The zero-order chi connectivity index (χ0) is 16.6. The van der Waals surface area contributed by atoms with Gasteiger partial charge >= 0.3 is 0 Å². The number of rotatable bonds is 2. The quantitative estimate of drug-likeness (QED) is 0.504. The summed E-state index contributed by atoms with van der Waals surface area (Å²) in [5.74, 6) is 0. The molecule has 1 nitrogen and oxygen atoms in total. The Morgan fingerprint density at radius 3 is 1.58 bits per heavy atom. The number of fused-ring (bicyclic) bond motifs is 1. The third-order valence-electron chi connectivity index (χ3n) is 3.93. The van der Waals surface area contributed by atoms with Crippen molar-refractivity contribution >= 4 is 10.8 Å². The summed E-state index contributed by atoms with van der Waals surface area (Å²) in [6.45, 7) is 0.112. The standard InChI is InChI=1S/C12H10.C11H10O/c1-3-7-11(8-4-1)12-9-5-2-6-10-12;12-8-10-6-3-5-9-4-1-2-7-11(9)10/h1-10H;1-7,12H,8H2. The summed E-state index contributed by atoms with van der Waals surface area (Å²) in [5.41, 5.74) is 3.55. The van der Waals surface area contributed by atoms with Gasteiger partial charge in [0.05, 0.1) is 6.61 Å². The van der Waals surface area contributed by atoms with Crippen molar-refractivity contribution in [2.24, 2.45) is 0 Å². The second kappa shape index (κ2) is 8.09. The minimum atomic E-state index is 0.112. The van der Waals surface area contributed by atoms with Crippen LogP contribution in [0, 0.1) is 0 Å². The maximum atomic E-state index is 9.04. The molecular formula is C23H20O. The van der Waals surface area contributed by atoms with Crippen molar-refractivity contribution in [1.82, 2.24) is 0 Å². The molecule has 0 aliphatic carbocycles. The molecule has 0 saturated carbocycles. The van der Waals surface area contributed by atoms with Crippen LogP contribution in [0.5, 0.6) is 0 Å². The molecule has 0 radical (unpaired) electrons. The Morgan fingerprint density at radius 1 is 0.500 bits per heavy atom. The summed E-state index contributed by atoms with van der Waals surface area (Å²) >= 11 is 0. The Hall–Kier alpha value is -2.90. The van der Waals surface area contributed by atoms with Crippen molar-refractivity contribution in [3.63, 3.8) is 0 Å². The van der Waals surface area contributed by atoms with E-state index in [4.69, 9.17) is 5.11 Å². The van der Waals surface area contributed by atoms with Crippen molar-refractivity contribution in [2.45, 2.75) is 6.61 Å². The Labute approximate surface area is 142 Å². The topological polar surface area (TPSA) is 20.2 Å². The molecule has 4 aromatic rings. The van der Waals surface area contributed by atoms with Gasteiger partial charge in [0.15, 0.2) is 0 Å². The zero-order valence-electron chi connectivity index (χ0n) is 13.5. The van der Waals surface area contributed by atoms with Gasteiger partial charge in [-0.2, -0.15) is 0 Å². The van der Waals surface area contributed by atoms with Crippen LogP contribution in [0.1, 0.15) is 5.56 Å². The molecule has 0 heterocycles. The van der Waals surface area contributed by atoms with Gasteiger partial charge in [-0.3, -0.25) is 0 Å². The number of aliphatic hydroxyl groups excluding tert-OH is 1. The fraction of sp³-hybridized carbons (Fsp3) is 0.0435. The zero-order valence-corrected chi connectivity index (χ0v) is 13.5. The molecule has 0 aromatic heterocycles. The van der Waals surface area contributed by atoms with Crippen LogP contribution in [0.4, 0.5) is 0 Å². The van der Waals surface area contributed by atoms with E-state index >= 15 is 0 Å². The lowest BCUT2D eigenvalue weighted by Crippen LogP contribution is -1.84. The lowest BCUT2D eigenvalue weighted by atomic mass is 10.1. The van der Waals surface area contributed by atoms with Gasteiger partial charge in [0.2, 0.25) is 0 Å². The molecule has 0 aliphatic heterocycles. The molecule has 0 amide bonds. The number of benzene rings is 4. The molecule has 0 saturated heterocycles. The van der Waals surface area contributed by atoms with E-state index in [0.717, 1.165) is 10.9 Å². The molecule has 24 heavy (non-hydrogen) atoms. The largest absolute Gasteiger partial charge is 0.392 e. The summed E-state index contributed by atoms with van der Waals surface area (Å²) in [5, 5.41) is 11.4. The van der Waals surface area contributed by atoms with Crippen LogP contribution >= 0.6 is 0 Å². The minimum Gasteiger partial charge on any atom is -0.392 e. The van der Waals surface area contributed by atoms with E-state index < -0.39 is 0 Å². The molecule has 0 aliphatic rings. The summed E-state index contributed by atoms with van der Waals surface area (Å²) in [6, 6.07) is 34.8. The summed E-state index contributed by atoms with van der Waals surface area (Å²) < 4.78 is 0. The lowest BCUT2D eigenvalue weighted by molar-refractivity contribution is 0.283. The highest BCUT2D eigenvalue weighted by Crippen LogP contribution is 2.18. The first-order chi connectivity index (χ1) is 11.9. The Balaban J connectivity index is 0.000000141. The van der Waals surface area contributed by atoms with Gasteiger partial charge in [-0.15, -0.1) is 0 Å². The van der Waals surface area contributed by atoms with Crippen LogP contribution in [0.3, 0.4) is 0 Å². The number of aliphatic hydroxyl groups is 1. The molecule has 0 bridgehead atoms. The van der Waals surface area contributed by atoms with Gasteiger partial charge < -0.3 is 5.11 Å². The van der Waals surface area contributed by atoms with Crippen LogP contribution in [0.15, 0.2) is 103 Å². The average Bonchev–Trinajstić information content (AvgIpc) is 2.69.